The SMILES string of the molecule is CCCC1(C(=O)O)CCN(C(=O)N2CCSC(C)C2C)C1. The molecule has 120 valence electrons. The highest BCUT2D eigenvalue weighted by Crippen LogP contribution is 2.36. The Morgan fingerprint density at radius 1 is 1.33 bits per heavy atom. The van der Waals surface area contributed by atoms with Crippen molar-refractivity contribution in [2.24, 2.45) is 5.41 Å². The molecule has 2 fully saturated rings. The molecule has 1 N–H and O–H groups in total. The average Bonchev–Trinajstić information content (AvgIpc) is 2.87. The predicted octanol–water partition coefficient (Wildman–Crippen LogP) is 2.51. The third-order valence-corrected chi connectivity index (χ3v) is 6.27. The zero-order valence-electron chi connectivity index (χ0n) is 13.2. The van der Waals surface area contributed by atoms with Crippen molar-refractivity contribution in [3.63, 3.8) is 0 Å². The van der Waals surface area contributed by atoms with Crippen molar-refractivity contribution < 1.29 is 14.7 Å². The monoisotopic (exact) mass is 314 g/mol. The highest BCUT2D eigenvalue weighted by Gasteiger charge is 2.46. The van der Waals surface area contributed by atoms with E-state index in [1.807, 2.05) is 23.6 Å². The Bertz CT molecular complexity index is 418. The van der Waals surface area contributed by atoms with Gasteiger partial charge < -0.3 is 14.9 Å². The highest BCUT2D eigenvalue weighted by molar-refractivity contribution is 8.00. The number of urea groups is 1. The maximum Gasteiger partial charge on any atom is 0.320 e. The number of carboxylic acid groups (broad SMARTS) is 1. The zero-order chi connectivity index (χ0) is 15.6. The topological polar surface area (TPSA) is 60.9 Å². The third kappa shape index (κ3) is 3.15. The van der Waals surface area contributed by atoms with Crippen LogP contribution in [0, 0.1) is 5.41 Å². The molecular formula is C15H26N2O3S. The second-order valence-corrected chi connectivity index (χ2v) is 7.78. The van der Waals surface area contributed by atoms with Crippen LogP contribution in [-0.4, -0.2) is 63.6 Å². The van der Waals surface area contributed by atoms with Gasteiger partial charge in [0.2, 0.25) is 0 Å². The summed E-state index contributed by atoms with van der Waals surface area (Å²) in [5.41, 5.74) is -0.732. The van der Waals surface area contributed by atoms with Gasteiger partial charge in [-0.1, -0.05) is 20.3 Å². The van der Waals surface area contributed by atoms with Crippen molar-refractivity contribution in [3.05, 3.63) is 0 Å². The van der Waals surface area contributed by atoms with Crippen molar-refractivity contribution in [3.8, 4) is 0 Å². The molecule has 2 saturated heterocycles. The van der Waals surface area contributed by atoms with Crippen molar-refractivity contribution in [2.45, 2.75) is 51.3 Å². The molecule has 0 radical (unpaired) electrons. The molecule has 3 unspecified atom stereocenters. The Labute approximate surface area is 131 Å². The predicted molar refractivity (Wildman–Crippen MR) is 84.7 cm³/mol. The molecule has 0 aromatic carbocycles. The third-order valence-electron chi connectivity index (χ3n) is 4.94. The van der Waals surface area contributed by atoms with E-state index in [9.17, 15) is 14.7 Å². The Balaban J connectivity index is 2.06. The molecule has 0 aromatic rings. The molecule has 2 aliphatic rings. The van der Waals surface area contributed by atoms with Gasteiger partial charge in [-0.25, -0.2) is 4.79 Å². The van der Waals surface area contributed by atoms with Gasteiger partial charge in [0.15, 0.2) is 0 Å². The molecule has 0 aromatic heterocycles. The smallest absolute Gasteiger partial charge is 0.320 e. The van der Waals surface area contributed by atoms with Crippen molar-refractivity contribution in [2.75, 3.05) is 25.4 Å². The highest BCUT2D eigenvalue weighted by atomic mass is 32.2. The van der Waals surface area contributed by atoms with E-state index < -0.39 is 11.4 Å². The van der Waals surface area contributed by atoms with Gasteiger partial charge in [0.05, 0.1) is 5.41 Å². The van der Waals surface area contributed by atoms with Crippen LogP contribution in [0.15, 0.2) is 0 Å². The summed E-state index contributed by atoms with van der Waals surface area (Å²) in [5.74, 6) is 0.208. The molecule has 2 amide bonds. The van der Waals surface area contributed by atoms with Gasteiger partial charge in [-0.2, -0.15) is 11.8 Å². The van der Waals surface area contributed by atoms with Gasteiger partial charge in [0, 0.05) is 36.7 Å². The summed E-state index contributed by atoms with van der Waals surface area (Å²) in [5, 5.41) is 9.98. The van der Waals surface area contributed by atoms with Gasteiger partial charge in [0.1, 0.15) is 0 Å². The fraction of sp³-hybridized carbons (Fsp3) is 0.867. The van der Waals surface area contributed by atoms with E-state index >= 15 is 0 Å². The van der Waals surface area contributed by atoms with Gasteiger partial charge >= 0.3 is 12.0 Å². The van der Waals surface area contributed by atoms with Crippen LogP contribution in [0.3, 0.4) is 0 Å². The van der Waals surface area contributed by atoms with Crippen LogP contribution < -0.4 is 0 Å². The number of thioether (sulfide) groups is 1. The molecule has 0 aliphatic carbocycles. The first kappa shape index (κ1) is 16.5. The van der Waals surface area contributed by atoms with Crippen molar-refractivity contribution in [1.29, 1.82) is 0 Å². The van der Waals surface area contributed by atoms with Crippen LogP contribution in [0.1, 0.15) is 40.0 Å². The maximum atomic E-state index is 12.7. The van der Waals surface area contributed by atoms with Gasteiger partial charge in [-0.3, -0.25) is 4.79 Å². The van der Waals surface area contributed by atoms with Crippen LogP contribution in [0.2, 0.25) is 0 Å². The lowest BCUT2D eigenvalue weighted by Crippen LogP contribution is -2.53. The van der Waals surface area contributed by atoms with Gasteiger partial charge in [-0.05, 0) is 19.8 Å². The van der Waals surface area contributed by atoms with Crippen molar-refractivity contribution >= 4 is 23.8 Å². The van der Waals surface area contributed by atoms with E-state index in [4.69, 9.17) is 0 Å². The zero-order valence-corrected chi connectivity index (χ0v) is 14.0. The molecule has 2 aliphatic heterocycles. The summed E-state index contributed by atoms with van der Waals surface area (Å²) in [7, 11) is 0. The summed E-state index contributed by atoms with van der Waals surface area (Å²) in [6.45, 7) is 7.93. The van der Waals surface area contributed by atoms with Crippen LogP contribution >= 0.6 is 11.8 Å². The molecular weight excluding hydrogens is 288 g/mol. The number of nitrogens with zero attached hydrogens (tertiary/aromatic N) is 2. The second kappa shape index (κ2) is 6.46. The summed E-state index contributed by atoms with van der Waals surface area (Å²) in [6, 6.07) is 0.233. The normalized spacial score (nSPS) is 33.3. The fourth-order valence-electron chi connectivity index (χ4n) is 3.38. The minimum absolute atomic E-state index is 0.0221. The van der Waals surface area contributed by atoms with E-state index in [1.54, 1.807) is 4.90 Å². The molecule has 0 spiro atoms. The average molecular weight is 314 g/mol. The van der Waals surface area contributed by atoms with E-state index in [0.717, 1.165) is 18.7 Å². The van der Waals surface area contributed by atoms with E-state index in [2.05, 4.69) is 13.8 Å². The summed E-state index contributed by atoms with van der Waals surface area (Å²) in [6.07, 6.45) is 2.06. The first-order valence-electron chi connectivity index (χ1n) is 7.82. The number of hydrogen-bond acceptors (Lipinski definition) is 3. The van der Waals surface area contributed by atoms with E-state index in [1.165, 1.54) is 0 Å². The largest absolute Gasteiger partial charge is 0.481 e. The van der Waals surface area contributed by atoms with E-state index in [0.29, 0.717) is 31.2 Å². The quantitative estimate of drug-likeness (QED) is 0.869. The van der Waals surface area contributed by atoms with E-state index in [-0.39, 0.29) is 12.1 Å². The number of likely N-dealkylation sites (tertiary alicyclic amines) is 1. The number of carbonyl (C=O) groups excluding carboxylic acids is 1. The first-order valence-corrected chi connectivity index (χ1v) is 8.86. The second-order valence-electron chi connectivity index (χ2n) is 6.30. The molecule has 5 nitrogen and oxygen atoms in total. The molecule has 6 heteroatoms. The Hall–Kier alpha value is -0.910. The Kier molecular flexibility index (Phi) is 5.07. The minimum atomic E-state index is -0.754. The lowest BCUT2D eigenvalue weighted by Gasteiger charge is -2.39. The fourth-order valence-corrected chi connectivity index (χ4v) is 4.48. The lowest BCUT2D eigenvalue weighted by molar-refractivity contribution is -0.148. The number of hydrogen-bond donors (Lipinski definition) is 1. The number of carboxylic acids is 1. The number of amides is 2. The number of carbonyl (C=O) groups is 2. The summed E-state index contributed by atoms with van der Waals surface area (Å²) >= 11 is 1.90. The number of aliphatic carboxylic acids is 1. The minimum Gasteiger partial charge on any atom is -0.481 e. The first-order chi connectivity index (χ1) is 9.91. The Morgan fingerprint density at radius 2 is 2.05 bits per heavy atom. The molecule has 3 atom stereocenters. The van der Waals surface area contributed by atoms with Gasteiger partial charge in [-0.15, -0.1) is 0 Å². The molecule has 2 heterocycles. The van der Waals surface area contributed by atoms with Gasteiger partial charge in [0.25, 0.3) is 0 Å². The summed E-state index contributed by atoms with van der Waals surface area (Å²) < 4.78 is 0. The van der Waals surface area contributed by atoms with Crippen LogP contribution in [-0.2, 0) is 4.79 Å². The molecule has 0 bridgehead atoms. The lowest BCUT2D eigenvalue weighted by atomic mass is 9.83. The van der Waals surface area contributed by atoms with Crippen LogP contribution in [0.4, 0.5) is 4.79 Å². The number of rotatable bonds is 3. The molecule has 21 heavy (non-hydrogen) atoms. The standard InChI is InChI=1S/C15H26N2O3S/c1-4-5-15(13(18)19)6-7-16(10-15)14(20)17-8-9-21-12(3)11(17)2/h11-12H,4-10H2,1-3H3,(H,18,19). The maximum absolute atomic E-state index is 12.7. The molecule has 2 rings (SSSR count). The Morgan fingerprint density at radius 3 is 2.67 bits per heavy atom. The van der Waals surface area contributed by atoms with Crippen LogP contribution in [0.5, 0.6) is 0 Å². The molecule has 0 saturated carbocycles. The van der Waals surface area contributed by atoms with Crippen molar-refractivity contribution in [1.82, 2.24) is 9.80 Å². The van der Waals surface area contributed by atoms with Crippen LogP contribution in [0.25, 0.3) is 0 Å². The summed E-state index contributed by atoms with van der Waals surface area (Å²) in [4.78, 5) is 28.0.